The van der Waals surface area contributed by atoms with Gasteiger partial charge in [-0.05, 0) is 60.7 Å². The summed E-state index contributed by atoms with van der Waals surface area (Å²) < 4.78 is 7.62. The standard InChI is InChI=1S/C35H36N4O3/c40-33(23-17-27-12-8-9-13-27)28-18-20-31(21-19-28)42-25-29-24-38(37-36-29)34-32(22-16-26-10-4-3-5-11-26)39(35(34)41)30-14-6-1-2-7-15-30/h3-5,8,10-13,16-24,30,32,34H,1-2,6-7,9,14-15,25H2/b22-16+,23-17+/t32-,34?/m1/s1. The van der Waals surface area contributed by atoms with Crippen LogP contribution in [0.3, 0.4) is 0 Å². The minimum Gasteiger partial charge on any atom is -0.487 e. The van der Waals surface area contributed by atoms with Gasteiger partial charge in [0, 0.05) is 11.6 Å². The summed E-state index contributed by atoms with van der Waals surface area (Å²) in [4.78, 5) is 28.1. The topological polar surface area (TPSA) is 77.3 Å². The molecule has 42 heavy (non-hydrogen) atoms. The number of benzene rings is 2. The van der Waals surface area contributed by atoms with Gasteiger partial charge in [-0.1, -0.05) is 97.7 Å². The lowest BCUT2D eigenvalue weighted by molar-refractivity contribution is -0.156. The fourth-order valence-corrected chi connectivity index (χ4v) is 5.97. The van der Waals surface area contributed by atoms with E-state index in [2.05, 4.69) is 51.6 Å². The van der Waals surface area contributed by atoms with E-state index < -0.39 is 6.04 Å². The number of hydrogen-bond donors (Lipinski definition) is 0. The zero-order valence-corrected chi connectivity index (χ0v) is 23.7. The molecule has 0 spiro atoms. The Balaban J connectivity index is 1.10. The second-order valence-electron chi connectivity index (χ2n) is 11.1. The number of allylic oxidation sites excluding steroid dienone is 6. The van der Waals surface area contributed by atoms with Crippen molar-refractivity contribution < 1.29 is 14.3 Å². The average Bonchev–Trinajstić information content (AvgIpc) is 3.65. The first-order valence-corrected chi connectivity index (χ1v) is 14.9. The Labute approximate surface area is 246 Å². The van der Waals surface area contributed by atoms with E-state index in [4.69, 9.17) is 4.74 Å². The van der Waals surface area contributed by atoms with Crippen LogP contribution in [0.4, 0.5) is 0 Å². The number of nitrogens with zero attached hydrogens (tertiary/aromatic N) is 4. The number of ketones is 1. The third-order valence-electron chi connectivity index (χ3n) is 8.25. The summed E-state index contributed by atoms with van der Waals surface area (Å²) in [5.74, 6) is 0.690. The van der Waals surface area contributed by atoms with E-state index in [-0.39, 0.29) is 30.4 Å². The number of ether oxygens (including phenoxy) is 1. The van der Waals surface area contributed by atoms with E-state index in [0.29, 0.717) is 17.0 Å². The van der Waals surface area contributed by atoms with Crippen molar-refractivity contribution in [3.8, 4) is 5.75 Å². The van der Waals surface area contributed by atoms with Gasteiger partial charge in [-0.25, -0.2) is 4.68 Å². The van der Waals surface area contributed by atoms with E-state index in [1.54, 1.807) is 35.0 Å². The number of aromatic nitrogens is 3. The maximum absolute atomic E-state index is 13.5. The molecule has 6 rings (SSSR count). The average molecular weight is 561 g/mol. The third kappa shape index (κ3) is 6.35. The number of likely N-dealkylation sites (tertiary alicyclic amines) is 1. The highest BCUT2D eigenvalue weighted by molar-refractivity contribution is 6.04. The Hall–Kier alpha value is -4.52. The Kier molecular flexibility index (Phi) is 8.54. The van der Waals surface area contributed by atoms with Crippen LogP contribution in [0.2, 0.25) is 0 Å². The highest BCUT2D eigenvalue weighted by Crippen LogP contribution is 2.38. The van der Waals surface area contributed by atoms with Crippen molar-refractivity contribution in [1.29, 1.82) is 0 Å². The van der Waals surface area contributed by atoms with E-state index >= 15 is 0 Å². The van der Waals surface area contributed by atoms with Crippen LogP contribution >= 0.6 is 0 Å². The highest BCUT2D eigenvalue weighted by atomic mass is 16.5. The van der Waals surface area contributed by atoms with Crippen molar-refractivity contribution in [2.75, 3.05) is 0 Å². The van der Waals surface area contributed by atoms with Crippen molar-refractivity contribution in [2.45, 2.75) is 69.7 Å². The van der Waals surface area contributed by atoms with Crippen LogP contribution in [-0.4, -0.2) is 43.7 Å². The first-order chi connectivity index (χ1) is 20.7. The third-order valence-corrected chi connectivity index (χ3v) is 8.25. The molecule has 1 saturated heterocycles. The molecule has 3 aromatic rings. The molecule has 0 N–H and O–H groups in total. The van der Waals surface area contributed by atoms with Gasteiger partial charge in [-0.15, -0.1) is 5.10 Å². The molecule has 2 aliphatic carbocycles. The Bertz CT molecular complexity index is 1510. The van der Waals surface area contributed by atoms with Gasteiger partial charge in [0.2, 0.25) is 0 Å². The lowest BCUT2D eigenvalue weighted by atomic mass is 9.89. The zero-order chi connectivity index (χ0) is 28.7. The van der Waals surface area contributed by atoms with E-state index in [1.165, 1.54) is 25.7 Å². The van der Waals surface area contributed by atoms with Crippen LogP contribution in [0.25, 0.3) is 6.08 Å². The van der Waals surface area contributed by atoms with Crippen LogP contribution < -0.4 is 4.74 Å². The second-order valence-corrected chi connectivity index (χ2v) is 11.1. The summed E-state index contributed by atoms with van der Waals surface area (Å²) >= 11 is 0. The van der Waals surface area contributed by atoms with Crippen molar-refractivity contribution in [3.05, 3.63) is 120 Å². The number of rotatable bonds is 10. The zero-order valence-electron chi connectivity index (χ0n) is 23.7. The van der Waals surface area contributed by atoms with Gasteiger partial charge in [0.1, 0.15) is 18.1 Å². The Morgan fingerprint density at radius 3 is 2.50 bits per heavy atom. The largest absolute Gasteiger partial charge is 0.487 e. The molecule has 1 amide bonds. The molecular formula is C35H36N4O3. The van der Waals surface area contributed by atoms with Crippen molar-refractivity contribution in [3.63, 3.8) is 0 Å². The monoisotopic (exact) mass is 560 g/mol. The van der Waals surface area contributed by atoms with Crippen molar-refractivity contribution in [2.24, 2.45) is 0 Å². The predicted molar refractivity (Wildman–Crippen MR) is 163 cm³/mol. The number of carbonyl (C=O) groups excluding carboxylic acids is 2. The SMILES string of the molecule is O=C(/C=C/C1=CCC=C1)c1ccc(OCc2cn(C3C(=O)N(C4CCCCCC4)[C@@H]3/C=C/c3ccccc3)nn2)cc1. The van der Waals surface area contributed by atoms with E-state index in [0.717, 1.165) is 30.4 Å². The summed E-state index contributed by atoms with van der Waals surface area (Å²) in [7, 11) is 0. The molecule has 1 unspecified atom stereocenters. The minimum absolute atomic E-state index is 0.0513. The van der Waals surface area contributed by atoms with Crippen LogP contribution in [0.1, 0.15) is 72.6 Å². The van der Waals surface area contributed by atoms with Gasteiger partial charge < -0.3 is 9.64 Å². The maximum Gasteiger partial charge on any atom is 0.250 e. The molecule has 2 heterocycles. The van der Waals surface area contributed by atoms with Crippen molar-refractivity contribution in [1.82, 2.24) is 19.9 Å². The summed E-state index contributed by atoms with van der Waals surface area (Å²) in [5.41, 5.74) is 3.40. The fourth-order valence-electron chi connectivity index (χ4n) is 5.97. The molecule has 2 atom stereocenters. The maximum atomic E-state index is 13.5. The minimum atomic E-state index is -0.414. The first-order valence-electron chi connectivity index (χ1n) is 14.9. The normalized spacial score (nSPS) is 21.1. The lowest BCUT2D eigenvalue weighted by Gasteiger charge is -2.49. The summed E-state index contributed by atoms with van der Waals surface area (Å²) in [6, 6.07) is 17.0. The molecule has 2 aromatic carbocycles. The lowest BCUT2D eigenvalue weighted by Crippen LogP contribution is -2.64. The van der Waals surface area contributed by atoms with Crippen LogP contribution in [0.15, 0.2) is 103 Å². The van der Waals surface area contributed by atoms with Gasteiger partial charge in [0.15, 0.2) is 11.8 Å². The molecule has 2 fully saturated rings. The van der Waals surface area contributed by atoms with E-state index in [1.807, 2.05) is 36.5 Å². The van der Waals surface area contributed by atoms with Gasteiger partial charge in [-0.2, -0.15) is 0 Å². The van der Waals surface area contributed by atoms with Crippen molar-refractivity contribution >= 4 is 17.8 Å². The number of hydrogen-bond acceptors (Lipinski definition) is 5. The highest BCUT2D eigenvalue weighted by Gasteiger charge is 2.50. The van der Waals surface area contributed by atoms with Crippen LogP contribution in [-0.2, 0) is 11.4 Å². The van der Waals surface area contributed by atoms with Gasteiger partial charge in [0.25, 0.3) is 5.91 Å². The molecular weight excluding hydrogens is 524 g/mol. The Morgan fingerprint density at radius 1 is 0.976 bits per heavy atom. The summed E-state index contributed by atoms with van der Waals surface area (Å²) in [5, 5.41) is 8.64. The first kappa shape index (κ1) is 27.6. The van der Waals surface area contributed by atoms with Gasteiger partial charge in [-0.3, -0.25) is 9.59 Å². The predicted octanol–water partition coefficient (Wildman–Crippen LogP) is 6.67. The summed E-state index contributed by atoms with van der Waals surface area (Å²) in [6.07, 6.45) is 23.5. The molecule has 0 radical (unpaired) electrons. The molecule has 1 aromatic heterocycles. The molecule has 1 aliphatic heterocycles. The number of β-lactam (4-membered cyclic amide) rings is 1. The molecule has 1 saturated carbocycles. The Morgan fingerprint density at radius 2 is 1.76 bits per heavy atom. The quantitative estimate of drug-likeness (QED) is 0.120. The molecule has 3 aliphatic rings. The second kappa shape index (κ2) is 13.0. The van der Waals surface area contributed by atoms with Crippen LogP contribution in [0.5, 0.6) is 5.75 Å². The smallest absolute Gasteiger partial charge is 0.250 e. The summed E-state index contributed by atoms with van der Waals surface area (Å²) in [6.45, 7) is 0.214. The number of carbonyl (C=O) groups is 2. The number of amides is 1. The van der Waals surface area contributed by atoms with Crippen LogP contribution in [0, 0.1) is 0 Å². The van der Waals surface area contributed by atoms with Gasteiger partial charge >= 0.3 is 0 Å². The molecule has 7 heteroatoms. The van der Waals surface area contributed by atoms with Gasteiger partial charge in [0.05, 0.1) is 12.2 Å². The molecule has 0 bridgehead atoms. The molecule has 214 valence electrons. The molecule has 7 nitrogen and oxygen atoms in total. The van der Waals surface area contributed by atoms with E-state index in [9.17, 15) is 9.59 Å². The fraction of sp³-hybridized carbons (Fsp3) is 0.314.